The number of hydrogen-bond donors (Lipinski definition) is 2. The van der Waals surface area contributed by atoms with Gasteiger partial charge in [-0.25, -0.2) is 4.98 Å². The number of ketones is 1. The minimum Gasteiger partial charge on any atom is -0.491 e. The second-order valence-electron chi connectivity index (χ2n) is 9.42. The number of hydrogen-bond acceptors (Lipinski definition) is 7. The van der Waals surface area contributed by atoms with Gasteiger partial charge >= 0.3 is 0 Å². The highest BCUT2D eigenvalue weighted by atomic mass is 32.1. The van der Waals surface area contributed by atoms with E-state index in [0.29, 0.717) is 12.3 Å². The lowest BCUT2D eigenvalue weighted by atomic mass is 10.1. The van der Waals surface area contributed by atoms with Crippen molar-refractivity contribution in [3.8, 4) is 38.7 Å². The summed E-state index contributed by atoms with van der Waals surface area (Å²) in [5.41, 5.74) is 6.36. The Kier molecular flexibility index (Phi) is 6.22. The summed E-state index contributed by atoms with van der Waals surface area (Å²) in [4.78, 5) is 28.2. The first-order valence-electron chi connectivity index (χ1n) is 12.3. The van der Waals surface area contributed by atoms with Gasteiger partial charge in [-0.1, -0.05) is 12.1 Å². The number of H-pyrrole nitrogens is 2. The summed E-state index contributed by atoms with van der Waals surface area (Å²) >= 11 is 1.51. The van der Waals surface area contributed by atoms with Crippen LogP contribution in [-0.2, 0) is 0 Å². The Labute approximate surface area is 223 Å². The number of benzene rings is 1. The van der Waals surface area contributed by atoms with Crippen molar-refractivity contribution in [3.63, 3.8) is 0 Å². The van der Waals surface area contributed by atoms with Gasteiger partial charge in [0.15, 0.2) is 11.4 Å². The molecule has 0 spiro atoms. The Morgan fingerprint density at radius 3 is 2.71 bits per heavy atom. The normalized spacial score (nSPS) is 11.6. The van der Waals surface area contributed by atoms with E-state index >= 15 is 0 Å². The van der Waals surface area contributed by atoms with E-state index < -0.39 is 0 Å². The minimum atomic E-state index is 0.0799. The number of nitrogens with zero attached hydrogens (tertiary/aromatic N) is 4. The van der Waals surface area contributed by atoms with Crippen molar-refractivity contribution in [2.75, 3.05) is 27.2 Å². The number of carbonyl (C=O) groups excluding carboxylic acids is 1. The zero-order chi connectivity index (χ0) is 26.2. The van der Waals surface area contributed by atoms with Gasteiger partial charge in [0.25, 0.3) is 0 Å². The Balaban J connectivity index is 1.37. The fourth-order valence-electron chi connectivity index (χ4n) is 4.44. The molecule has 5 heterocycles. The van der Waals surface area contributed by atoms with Gasteiger partial charge in [0.2, 0.25) is 0 Å². The molecule has 0 saturated carbocycles. The van der Waals surface area contributed by atoms with Crippen molar-refractivity contribution in [2.45, 2.75) is 6.92 Å². The molecule has 9 heteroatoms. The van der Waals surface area contributed by atoms with Crippen molar-refractivity contribution >= 4 is 39.1 Å². The van der Waals surface area contributed by atoms with E-state index in [0.717, 1.165) is 66.4 Å². The van der Waals surface area contributed by atoms with Crippen LogP contribution in [0.3, 0.4) is 0 Å². The molecule has 0 atom stereocenters. The fourth-order valence-corrected chi connectivity index (χ4v) is 5.38. The molecule has 0 fully saturated rings. The molecule has 8 nitrogen and oxygen atoms in total. The van der Waals surface area contributed by atoms with Crippen molar-refractivity contribution in [2.24, 2.45) is 0 Å². The number of nitrogens with one attached hydrogen (secondary N) is 2. The monoisotopic (exact) mass is 522 g/mol. The van der Waals surface area contributed by atoms with Gasteiger partial charge in [-0.2, -0.15) is 5.10 Å². The fraction of sp³-hybridized carbons (Fsp3) is 0.172. The summed E-state index contributed by atoms with van der Waals surface area (Å²) < 4.78 is 5.87. The summed E-state index contributed by atoms with van der Waals surface area (Å²) in [6.45, 7) is 3.01. The maximum atomic E-state index is 11.8. The lowest BCUT2D eigenvalue weighted by molar-refractivity contribution is 0.102. The number of Topliss-reactive ketones (excluding diaryl/α,β-unsaturated/α-hetero) is 1. The predicted molar refractivity (Wildman–Crippen MR) is 152 cm³/mol. The molecule has 1 aromatic carbocycles. The Bertz CT molecular complexity index is 1780. The highest BCUT2D eigenvalue weighted by molar-refractivity contribution is 7.17. The van der Waals surface area contributed by atoms with E-state index in [9.17, 15) is 4.79 Å². The Hall–Kier alpha value is -4.34. The van der Waals surface area contributed by atoms with Crippen LogP contribution in [0.25, 0.3) is 54.9 Å². The lowest BCUT2D eigenvalue weighted by Crippen LogP contribution is -2.19. The average Bonchev–Trinajstić information content (AvgIpc) is 3.66. The molecule has 6 aromatic rings. The SMILES string of the molecule is CC(=O)c1ccc(-c2cccc3[nH]c(-c4[nH]nc5ncc(-c6cncc(OCCN(C)C)c6)cc45)cc23)s1. The quantitative estimate of drug-likeness (QED) is 0.237. The zero-order valence-corrected chi connectivity index (χ0v) is 22.1. The molecule has 2 N–H and O–H groups in total. The van der Waals surface area contributed by atoms with Crippen LogP contribution in [0.4, 0.5) is 0 Å². The van der Waals surface area contributed by atoms with Crippen LogP contribution >= 0.6 is 11.3 Å². The Morgan fingerprint density at radius 1 is 1.03 bits per heavy atom. The third kappa shape index (κ3) is 4.57. The van der Waals surface area contributed by atoms with E-state index in [-0.39, 0.29) is 5.78 Å². The molecule has 0 radical (unpaired) electrons. The first-order chi connectivity index (χ1) is 18.5. The number of aromatic amines is 2. The first-order valence-corrected chi connectivity index (χ1v) is 13.1. The van der Waals surface area contributed by atoms with Crippen molar-refractivity contribution < 1.29 is 9.53 Å². The number of rotatable bonds is 8. The second kappa shape index (κ2) is 9.85. The molecule has 0 aliphatic heterocycles. The van der Waals surface area contributed by atoms with E-state index in [1.54, 1.807) is 19.3 Å². The minimum absolute atomic E-state index is 0.0799. The lowest BCUT2D eigenvalue weighted by Gasteiger charge is -2.11. The number of likely N-dealkylation sites (N-methyl/N-ethyl adjacent to an activating group) is 1. The molecule has 0 bridgehead atoms. The topological polar surface area (TPSA) is 99.8 Å². The molecule has 0 aliphatic carbocycles. The van der Waals surface area contributed by atoms with Gasteiger partial charge in [0.1, 0.15) is 12.4 Å². The summed E-state index contributed by atoms with van der Waals surface area (Å²) in [7, 11) is 4.03. The molecule has 0 unspecified atom stereocenters. The molecular weight excluding hydrogens is 496 g/mol. The summed E-state index contributed by atoms with van der Waals surface area (Å²) in [6, 6.07) is 16.2. The van der Waals surface area contributed by atoms with Gasteiger partial charge < -0.3 is 14.6 Å². The van der Waals surface area contributed by atoms with Gasteiger partial charge in [-0.3, -0.25) is 14.9 Å². The van der Waals surface area contributed by atoms with Gasteiger partial charge in [0, 0.05) is 56.8 Å². The zero-order valence-electron chi connectivity index (χ0n) is 21.3. The van der Waals surface area contributed by atoms with Crippen molar-refractivity contribution in [3.05, 3.63) is 72.0 Å². The molecule has 5 aromatic heterocycles. The largest absolute Gasteiger partial charge is 0.491 e. The van der Waals surface area contributed by atoms with Crippen LogP contribution in [0.2, 0.25) is 0 Å². The maximum Gasteiger partial charge on any atom is 0.181 e. The molecule has 0 aliphatic rings. The highest BCUT2D eigenvalue weighted by Crippen LogP contribution is 2.37. The number of carbonyl (C=O) groups is 1. The third-order valence-corrected chi connectivity index (χ3v) is 7.63. The highest BCUT2D eigenvalue weighted by Gasteiger charge is 2.16. The number of thiophene rings is 1. The molecule has 38 heavy (non-hydrogen) atoms. The molecule has 0 saturated heterocycles. The molecule has 0 amide bonds. The van der Waals surface area contributed by atoms with Crippen molar-refractivity contribution in [1.82, 2.24) is 30.0 Å². The van der Waals surface area contributed by atoms with Gasteiger partial charge in [-0.05, 0) is 57.4 Å². The van der Waals surface area contributed by atoms with Crippen LogP contribution in [0.15, 0.2) is 67.1 Å². The first kappa shape index (κ1) is 24.0. The summed E-state index contributed by atoms with van der Waals surface area (Å²) in [5.74, 6) is 0.804. The predicted octanol–water partition coefficient (Wildman–Crippen LogP) is 6.04. The maximum absolute atomic E-state index is 11.8. The van der Waals surface area contributed by atoms with E-state index in [2.05, 4.69) is 54.3 Å². The third-order valence-electron chi connectivity index (χ3n) is 6.42. The van der Waals surface area contributed by atoms with Crippen LogP contribution in [-0.4, -0.2) is 63.1 Å². The summed E-state index contributed by atoms with van der Waals surface area (Å²) in [5, 5.41) is 9.60. The second-order valence-corrected chi connectivity index (χ2v) is 10.5. The van der Waals surface area contributed by atoms with Crippen LogP contribution in [0.5, 0.6) is 5.75 Å². The molecular formula is C29H26N6O2S. The van der Waals surface area contributed by atoms with E-state index in [1.807, 2.05) is 44.6 Å². The average molecular weight is 523 g/mol. The number of aromatic nitrogens is 5. The van der Waals surface area contributed by atoms with E-state index in [4.69, 9.17) is 4.74 Å². The Morgan fingerprint density at radius 2 is 1.89 bits per heavy atom. The summed E-state index contributed by atoms with van der Waals surface area (Å²) in [6.07, 6.45) is 5.34. The van der Waals surface area contributed by atoms with Gasteiger partial charge in [-0.15, -0.1) is 11.3 Å². The number of fused-ring (bicyclic) bond motifs is 2. The van der Waals surface area contributed by atoms with Crippen LogP contribution in [0.1, 0.15) is 16.6 Å². The van der Waals surface area contributed by atoms with E-state index in [1.165, 1.54) is 11.3 Å². The van der Waals surface area contributed by atoms with Crippen LogP contribution < -0.4 is 4.74 Å². The molecule has 190 valence electrons. The number of ether oxygens (including phenoxy) is 1. The van der Waals surface area contributed by atoms with Crippen molar-refractivity contribution in [1.29, 1.82) is 0 Å². The van der Waals surface area contributed by atoms with Crippen LogP contribution in [0, 0.1) is 0 Å². The van der Waals surface area contributed by atoms with Gasteiger partial charge in [0.05, 0.1) is 22.5 Å². The smallest absolute Gasteiger partial charge is 0.181 e. The molecule has 6 rings (SSSR count). The number of pyridine rings is 2. The standard InChI is InChI=1S/C29H26N6O2S/c1-17(36)26-7-8-27(38-26)21-5-4-6-24-22(21)13-25(32-24)28-23-12-19(15-31-29(23)34-33-28)18-11-20(16-30-14-18)37-10-9-35(2)3/h4-8,11-16,32H,9-10H2,1-3H3,(H,31,33,34).